The van der Waals surface area contributed by atoms with Crippen molar-refractivity contribution in [1.82, 2.24) is 0 Å². The molecule has 106 valence electrons. The summed E-state index contributed by atoms with van der Waals surface area (Å²) in [6, 6.07) is 0. The molecule has 3 rings (SSSR count). The first-order valence-electron chi connectivity index (χ1n) is 8.26. The van der Waals surface area contributed by atoms with E-state index in [9.17, 15) is 0 Å². The number of fused-ring (bicyclic) bond motifs is 3. The van der Waals surface area contributed by atoms with E-state index in [-0.39, 0.29) is 0 Å². The smallest absolute Gasteiger partial charge is 0.0150 e. The van der Waals surface area contributed by atoms with Crippen LogP contribution in [0.4, 0.5) is 0 Å². The summed E-state index contributed by atoms with van der Waals surface area (Å²) in [5, 5.41) is 1.79. The number of hydrogen-bond acceptors (Lipinski definition) is 1. The molecule has 1 saturated heterocycles. The molecule has 2 aliphatic carbocycles. The van der Waals surface area contributed by atoms with Crippen molar-refractivity contribution in [1.29, 1.82) is 0 Å². The van der Waals surface area contributed by atoms with Gasteiger partial charge in [-0.05, 0) is 48.9 Å². The molecule has 0 bridgehead atoms. The largest absolute Gasteiger partial charge is 0.154 e. The van der Waals surface area contributed by atoms with Crippen LogP contribution in [-0.2, 0) is 0 Å². The third kappa shape index (κ3) is 2.33. The molecular weight excluding hydrogens is 248 g/mol. The number of allylic oxidation sites excluding steroid dienone is 4. The number of thioether (sulfide) groups is 1. The van der Waals surface area contributed by atoms with Gasteiger partial charge in [0.2, 0.25) is 0 Å². The van der Waals surface area contributed by atoms with E-state index in [1.165, 1.54) is 25.7 Å². The summed E-state index contributed by atoms with van der Waals surface area (Å²) in [4.78, 5) is 0. The molecular formula is C18H28S. The summed E-state index contributed by atoms with van der Waals surface area (Å²) in [5.74, 6) is 4.22. The van der Waals surface area contributed by atoms with E-state index < -0.39 is 0 Å². The Labute approximate surface area is 123 Å². The molecule has 1 heteroatoms. The van der Waals surface area contributed by atoms with Gasteiger partial charge in [0.1, 0.15) is 0 Å². The van der Waals surface area contributed by atoms with Crippen LogP contribution in [0.5, 0.6) is 0 Å². The van der Waals surface area contributed by atoms with Gasteiger partial charge in [-0.25, -0.2) is 0 Å². The topological polar surface area (TPSA) is 0 Å². The van der Waals surface area contributed by atoms with E-state index in [1.807, 2.05) is 0 Å². The molecule has 0 amide bonds. The lowest BCUT2D eigenvalue weighted by Crippen LogP contribution is -2.29. The molecule has 3 aliphatic rings. The summed E-state index contributed by atoms with van der Waals surface area (Å²) in [6.45, 7) is 7.28. The summed E-state index contributed by atoms with van der Waals surface area (Å²) >= 11 is 2.34. The van der Waals surface area contributed by atoms with Crippen molar-refractivity contribution in [3.8, 4) is 0 Å². The second kappa shape index (κ2) is 5.68. The monoisotopic (exact) mass is 276 g/mol. The van der Waals surface area contributed by atoms with Crippen LogP contribution in [0.15, 0.2) is 24.3 Å². The summed E-state index contributed by atoms with van der Waals surface area (Å²) < 4.78 is 0. The fraction of sp³-hybridized carbons (Fsp3) is 0.778. The molecule has 0 aromatic heterocycles. The molecule has 0 nitrogen and oxygen atoms in total. The van der Waals surface area contributed by atoms with Crippen LogP contribution in [0.25, 0.3) is 0 Å². The van der Waals surface area contributed by atoms with Gasteiger partial charge in [-0.3, -0.25) is 0 Å². The predicted molar refractivity (Wildman–Crippen MR) is 86.4 cm³/mol. The van der Waals surface area contributed by atoms with Crippen LogP contribution in [0, 0.1) is 29.6 Å². The molecule has 1 heterocycles. The molecule has 0 N–H and O–H groups in total. The Balaban J connectivity index is 1.91. The Kier molecular flexibility index (Phi) is 4.12. The zero-order valence-corrected chi connectivity index (χ0v) is 13.4. The standard InChI is InChI=1S/C18H28S/c1-4-13-10-11-16-15-8-6-7-9-17(15)19-18(16)14(5-2)12(13)3/h6,8,10-18H,4-5,7,9H2,1-3H3. The first-order valence-corrected chi connectivity index (χ1v) is 9.21. The molecule has 19 heavy (non-hydrogen) atoms. The molecule has 0 spiro atoms. The molecule has 0 aromatic carbocycles. The Morgan fingerprint density at radius 1 is 1.05 bits per heavy atom. The van der Waals surface area contributed by atoms with E-state index in [0.717, 1.165) is 40.1 Å². The van der Waals surface area contributed by atoms with Crippen molar-refractivity contribution >= 4 is 11.8 Å². The van der Waals surface area contributed by atoms with Gasteiger partial charge in [0.15, 0.2) is 0 Å². The summed E-state index contributed by atoms with van der Waals surface area (Å²) in [5.41, 5.74) is 0. The highest BCUT2D eigenvalue weighted by Crippen LogP contribution is 2.54. The third-order valence-electron chi connectivity index (χ3n) is 5.86. The minimum absolute atomic E-state index is 0.808. The lowest BCUT2D eigenvalue weighted by Gasteiger charge is -2.32. The van der Waals surface area contributed by atoms with Crippen molar-refractivity contribution in [3.05, 3.63) is 24.3 Å². The molecule has 0 aromatic rings. The van der Waals surface area contributed by atoms with E-state index >= 15 is 0 Å². The Hall–Kier alpha value is -0.170. The summed E-state index contributed by atoms with van der Waals surface area (Å²) in [7, 11) is 0. The van der Waals surface area contributed by atoms with Crippen molar-refractivity contribution < 1.29 is 0 Å². The molecule has 0 radical (unpaired) electrons. The third-order valence-corrected chi connectivity index (χ3v) is 7.73. The number of hydrogen-bond donors (Lipinski definition) is 0. The van der Waals surface area contributed by atoms with Gasteiger partial charge in [0.25, 0.3) is 0 Å². The van der Waals surface area contributed by atoms with Gasteiger partial charge in [-0.1, -0.05) is 51.5 Å². The highest BCUT2D eigenvalue weighted by atomic mass is 32.2. The van der Waals surface area contributed by atoms with E-state index in [0.29, 0.717) is 0 Å². The maximum atomic E-state index is 2.61. The highest BCUT2D eigenvalue weighted by molar-refractivity contribution is 8.00. The zero-order valence-electron chi connectivity index (χ0n) is 12.6. The minimum Gasteiger partial charge on any atom is -0.154 e. The van der Waals surface area contributed by atoms with Gasteiger partial charge in [-0.2, -0.15) is 11.8 Å². The van der Waals surface area contributed by atoms with Gasteiger partial charge >= 0.3 is 0 Å². The fourth-order valence-electron chi connectivity index (χ4n) is 4.68. The van der Waals surface area contributed by atoms with E-state index in [1.54, 1.807) is 0 Å². The summed E-state index contributed by atoms with van der Waals surface area (Å²) in [6.07, 6.45) is 15.5. The van der Waals surface area contributed by atoms with Gasteiger partial charge in [0, 0.05) is 10.5 Å². The van der Waals surface area contributed by atoms with Gasteiger partial charge < -0.3 is 0 Å². The SMILES string of the molecule is CCC1C=CC2C3C=CCCC3SC2C(CC)C1C. The normalized spacial score (nSPS) is 48.7. The maximum Gasteiger partial charge on any atom is 0.0150 e. The quantitative estimate of drug-likeness (QED) is 0.616. The molecule has 7 atom stereocenters. The van der Waals surface area contributed by atoms with Crippen LogP contribution >= 0.6 is 11.8 Å². The van der Waals surface area contributed by atoms with E-state index in [4.69, 9.17) is 0 Å². The Morgan fingerprint density at radius 2 is 1.89 bits per heavy atom. The van der Waals surface area contributed by atoms with Crippen LogP contribution in [0.3, 0.4) is 0 Å². The van der Waals surface area contributed by atoms with E-state index in [2.05, 4.69) is 56.8 Å². The Morgan fingerprint density at radius 3 is 2.63 bits per heavy atom. The second-order valence-electron chi connectivity index (χ2n) is 6.69. The first kappa shape index (κ1) is 13.8. The average Bonchev–Trinajstić information content (AvgIpc) is 2.73. The fourth-order valence-corrected chi connectivity index (χ4v) is 6.90. The van der Waals surface area contributed by atoms with Crippen LogP contribution in [-0.4, -0.2) is 10.5 Å². The van der Waals surface area contributed by atoms with Crippen molar-refractivity contribution in [2.24, 2.45) is 29.6 Å². The highest BCUT2D eigenvalue weighted by Gasteiger charge is 2.47. The maximum absolute atomic E-state index is 2.61. The van der Waals surface area contributed by atoms with Crippen LogP contribution in [0.1, 0.15) is 46.5 Å². The van der Waals surface area contributed by atoms with Crippen molar-refractivity contribution in [3.63, 3.8) is 0 Å². The second-order valence-corrected chi connectivity index (χ2v) is 8.11. The van der Waals surface area contributed by atoms with Gasteiger partial charge in [-0.15, -0.1) is 0 Å². The van der Waals surface area contributed by atoms with Crippen molar-refractivity contribution in [2.45, 2.75) is 57.0 Å². The molecule has 1 aliphatic heterocycles. The lowest BCUT2D eigenvalue weighted by atomic mass is 9.75. The molecule has 1 fully saturated rings. The Bertz CT molecular complexity index is 370. The van der Waals surface area contributed by atoms with Crippen LogP contribution < -0.4 is 0 Å². The average molecular weight is 276 g/mol. The zero-order chi connectivity index (χ0) is 13.4. The lowest BCUT2D eigenvalue weighted by molar-refractivity contribution is 0.251. The molecule has 7 unspecified atom stereocenters. The van der Waals surface area contributed by atoms with Crippen LogP contribution in [0.2, 0.25) is 0 Å². The van der Waals surface area contributed by atoms with Gasteiger partial charge in [0.05, 0.1) is 0 Å². The molecule has 0 saturated carbocycles. The first-order chi connectivity index (χ1) is 9.26. The number of rotatable bonds is 2. The van der Waals surface area contributed by atoms with Crippen molar-refractivity contribution in [2.75, 3.05) is 0 Å². The predicted octanol–water partition coefficient (Wildman–Crippen LogP) is 5.31. The minimum atomic E-state index is 0.808.